The quantitative estimate of drug-likeness (QED) is 0.726. The van der Waals surface area contributed by atoms with Crippen LogP contribution in [0.3, 0.4) is 0 Å². The SMILES string of the molecule is CC(C)(C)OC(=O)N1CCC(C2CCN(c3ccnc(Cl)n3)CC2)CC1. The van der Waals surface area contributed by atoms with Gasteiger partial charge in [-0.3, -0.25) is 0 Å². The molecule has 1 aromatic rings. The third-order valence-electron chi connectivity index (χ3n) is 5.33. The zero-order valence-electron chi connectivity index (χ0n) is 15.9. The van der Waals surface area contributed by atoms with E-state index in [0.717, 1.165) is 50.8 Å². The maximum absolute atomic E-state index is 12.2. The maximum Gasteiger partial charge on any atom is 0.410 e. The average Bonchev–Trinajstić information content (AvgIpc) is 2.61. The van der Waals surface area contributed by atoms with Crippen LogP contribution in [0.4, 0.5) is 10.6 Å². The molecule has 144 valence electrons. The van der Waals surface area contributed by atoms with Crippen LogP contribution in [-0.2, 0) is 4.74 Å². The molecule has 0 saturated carbocycles. The van der Waals surface area contributed by atoms with Gasteiger partial charge in [0.15, 0.2) is 0 Å². The highest BCUT2D eigenvalue weighted by molar-refractivity contribution is 6.28. The molecule has 7 heteroatoms. The number of anilines is 1. The third-order valence-corrected chi connectivity index (χ3v) is 5.52. The molecular formula is C19H29ClN4O2. The Morgan fingerprint density at radius 2 is 1.69 bits per heavy atom. The number of rotatable bonds is 2. The topological polar surface area (TPSA) is 58.6 Å². The molecule has 2 fully saturated rings. The van der Waals surface area contributed by atoms with Crippen molar-refractivity contribution < 1.29 is 9.53 Å². The lowest BCUT2D eigenvalue weighted by Crippen LogP contribution is -2.44. The Kier molecular flexibility index (Phi) is 5.90. The number of aromatic nitrogens is 2. The Hall–Kier alpha value is -1.56. The maximum atomic E-state index is 12.2. The minimum absolute atomic E-state index is 0.175. The van der Waals surface area contributed by atoms with E-state index >= 15 is 0 Å². The molecule has 1 amide bonds. The monoisotopic (exact) mass is 380 g/mol. The lowest BCUT2D eigenvalue weighted by Gasteiger charge is -2.40. The molecule has 0 bridgehead atoms. The van der Waals surface area contributed by atoms with Crippen molar-refractivity contribution in [2.45, 2.75) is 52.1 Å². The smallest absolute Gasteiger partial charge is 0.410 e. The van der Waals surface area contributed by atoms with Gasteiger partial charge >= 0.3 is 6.09 Å². The summed E-state index contributed by atoms with van der Waals surface area (Å²) in [7, 11) is 0. The molecule has 0 aliphatic carbocycles. The summed E-state index contributed by atoms with van der Waals surface area (Å²) in [4.78, 5) is 24.6. The number of nitrogens with zero attached hydrogens (tertiary/aromatic N) is 4. The first-order valence-corrected chi connectivity index (χ1v) is 9.91. The minimum Gasteiger partial charge on any atom is -0.444 e. The minimum atomic E-state index is -0.426. The first-order valence-electron chi connectivity index (χ1n) is 9.53. The van der Waals surface area contributed by atoms with Gasteiger partial charge in [-0.25, -0.2) is 14.8 Å². The molecule has 0 N–H and O–H groups in total. The van der Waals surface area contributed by atoms with Crippen LogP contribution in [0, 0.1) is 11.8 Å². The second kappa shape index (κ2) is 7.99. The molecular weight excluding hydrogens is 352 g/mol. The van der Waals surface area contributed by atoms with E-state index in [-0.39, 0.29) is 6.09 Å². The van der Waals surface area contributed by atoms with Crippen molar-refractivity contribution >= 4 is 23.5 Å². The van der Waals surface area contributed by atoms with E-state index in [4.69, 9.17) is 16.3 Å². The molecule has 1 aromatic heterocycles. The first kappa shape index (κ1) is 19.2. The van der Waals surface area contributed by atoms with Crippen molar-refractivity contribution in [3.8, 4) is 0 Å². The molecule has 0 atom stereocenters. The van der Waals surface area contributed by atoms with Crippen molar-refractivity contribution in [2.75, 3.05) is 31.1 Å². The number of likely N-dealkylation sites (tertiary alicyclic amines) is 1. The molecule has 0 radical (unpaired) electrons. The van der Waals surface area contributed by atoms with E-state index < -0.39 is 5.60 Å². The lowest BCUT2D eigenvalue weighted by atomic mass is 9.79. The highest BCUT2D eigenvalue weighted by atomic mass is 35.5. The summed E-state index contributed by atoms with van der Waals surface area (Å²) in [6, 6.07) is 1.92. The van der Waals surface area contributed by atoms with Crippen molar-refractivity contribution in [2.24, 2.45) is 11.8 Å². The summed E-state index contributed by atoms with van der Waals surface area (Å²) >= 11 is 5.90. The van der Waals surface area contributed by atoms with E-state index in [2.05, 4.69) is 14.9 Å². The number of carbonyl (C=O) groups excluding carboxylic acids is 1. The summed E-state index contributed by atoms with van der Waals surface area (Å²) in [5.74, 6) is 2.34. The van der Waals surface area contributed by atoms with Gasteiger partial charge in [0.1, 0.15) is 11.4 Å². The molecule has 2 aliphatic rings. The Morgan fingerprint density at radius 3 is 2.23 bits per heavy atom. The lowest BCUT2D eigenvalue weighted by molar-refractivity contribution is 0.0152. The summed E-state index contributed by atoms with van der Waals surface area (Å²) in [5, 5.41) is 0.305. The fourth-order valence-electron chi connectivity index (χ4n) is 3.98. The van der Waals surface area contributed by atoms with Crippen LogP contribution in [0.2, 0.25) is 5.28 Å². The van der Waals surface area contributed by atoms with Gasteiger partial charge in [0, 0.05) is 32.4 Å². The van der Waals surface area contributed by atoms with E-state index in [0.29, 0.717) is 11.2 Å². The fourth-order valence-corrected chi connectivity index (χ4v) is 4.13. The van der Waals surface area contributed by atoms with E-state index in [1.165, 1.54) is 12.8 Å². The van der Waals surface area contributed by atoms with Crippen LogP contribution in [0.15, 0.2) is 12.3 Å². The zero-order valence-corrected chi connectivity index (χ0v) is 16.7. The van der Waals surface area contributed by atoms with Crippen LogP contribution in [0.5, 0.6) is 0 Å². The molecule has 2 aliphatic heterocycles. The molecule has 0 aromatic carbocycles. The Labute approximate surface area is 160 Å². The largest absolute Gasteiger partial charge is 0.444 e. The highest BCUT2D eigenvalue weighted by Gasteiger charge is 2.32. The van der Waals surface area contributed by atoms with Crippen LogP contribution in [0.1, 0.15) is 46.5 Å². The van der Waals surface area contributed by atoms with Gasteiger partial charge in [0.05, 0.1) is 0 Å². The molecule has 3 heterocycles. The van der Waals surface area contributed by atoms with Gasteiger partial charge in [-0.2, -0.15) is 0 Å². The number of hydrogen-bond acceptors (Lipinski definition) is 5. The average molecular weight is 381 g/mol. The molecule has 0 unspecified atom stereocenters. The summed E-state index contributed by atoms with van der Waals surface area (Å²) in [6.07, 6.45) is 6.01. The number of amides is 1. The molecule has 2 saturated heterocycles. The number of ether oxygens (including phenoxy) is 1. The molecule has 3 rings (SSSR count). The Morgan fingerprint density at radius 1 is 1.12 bits per heavy atom. The first-order chi connectivity index (χ1) is 12.3. The van der Waals surface area contributed by atoms with Crippen molar-refractivity contribution in [1.82, 2.24) is 14.9 Å². The second-order valence-corrected chi connectivity index (χ2v) is 8.65. The van der Waals surface area contributed by atoms with Gasteiger partial charge in [0.2, 0.25) is 5.28 Å². The number of halogens is 1. The van der Waals surface area contributed by atoms with E-state index in [9.17, 15) is 4.79 Å². The van der Waals surface area contributed by atoms with Gasteiger partial charge < -0.3 is 14.5 Å². The summed E-state index contributed by atoms with van der Waals surface area (Å²) < 4.78 is 5.49. The third kappa shape index (κ3) is 5.00. The van der Waals surface area contributed by atoms with Crippen LogP contribution in [0.25, 0.3) is 0 Å². The van der Waals surface area contributed by atoms with Gasteiger partial charge in [-0.1, -0.05) is 0 Å². The summed E-state index contributed by atoms with van der Waals surface area (Å²) in [5.41, 5.74) is -0.426. The second-order valence-electron chi connectivity index (χ2n) is 8.31. The van der Waals surface area contributed by atoms with Gasteiger partial charge in [0.25, 0.3) is 0 Å². The fraction of sp³-hybridized carbons (Fsp3) is 0.737. The van der Waals surface area contributed by atoms with E-state index in [1.807, 2.05) is 31.7 Å². The van der Waals surface area contributed by atoms with Crippen molar-refractivity contribution in [3.63, 3.8) is 0 Å². The predicted octanol–water partition coefficient (Wildman–Crippen LogP) is 3.99. The Balaban J connectivity index is 1.46. The summed E-state index contributed by atoms with van der Waals surface area (Å²) in [6.45, 7) is 9.36. The van der Waals surface area contributed by atoms with Gasteiger partial charge in [-0.05, 0) is 76.0 Å². The van der Waals surface area contributed by atoms with Crippen LogP contribution < -0.4 is 4.90 Å². The normalized spacial score (nSPS) is 20.3. The van der Waals surface area contributed by atoms with E-state index in [1.54, 1.807) is 6.20 Å². The van der Waals surface area contributed by atoms with Crippen molar-refractivity contribution in [3.05, 3.63) is 17.5 Å². The number of piperidine rings is 2. The van der Waals surface area contributed by atoms with Crippen LogP contribution >= 0.6 is 11.6 Å². The number of hydrogen-bond donors (Lipinski definition) is 0. The molecule has 0 spiro atoms. The molecule has 6 nitrogen and oxygen atoms in total. The van der Waals surface area contributed by atoms with Gasteiger partial charge in [-0.15, -0.1) is 0 Å². The predicted molar refractivity (Wildman–Crippen MR) is 103 cm³/mol. The number of carbonyl (C=O) groups is 1. The Bertz CT molecular complexity index is 618. The molecule has 26 heavy (non-hydrogen) atoms. The van der Waals surface area contributed by atoms with Crippen molar-refractivity contribution in [1.29, 1.82) is 0 Å². The highest BCUT2D eigenvalue weighted by Crippen LogP contribution is 2.34. The van der Waals surface area contributed by atoms with Crippen LogP contribution in [-0.4, -0.2) is 52.7 Å². The zero-order chi connectivity index (χ0) is 18.7. The standard InChI is InChI=1S/C19H29ClN4O2/c1-19(2,3)26-18(25)24-12-7-15(8-13-24)14-5-10-23(11-6-14)16-4-9-21-17(20)22-16/h4,9,14-15H,5-8,10-13H2,1-3H3.